The molecule has 3 N–H and O–H groups in total. The van der Waals surface area contributed by atoms with Crippen LogP contribution in [0.15, 0.2) is 60.8 Å². The van der Waals surface area contributed by atoms with Gasteiger partial charge in [-0.25, -0.2) is 4.57 Å². The molecule has 57 heavy (non-hydrogen) atoms. The first-order chi connectivity index (χ1) is 27.7. The van der Waals surface area contributed by atoms with E-state index in [4.69, 9.17) is 19.3 Å². The number of esters is 2. The quantitative estimate of drug-likeness (QED) is 0.0238. The molecule has 330 valence electrons. The fraction of sp³-hybridized carbons (Fsp3) is 0.745. The Kier molecular flexibility index (Phi) is 40.2. The third-order valence-corrected chi connectivity index (χ3v) is 10.0. The molecule has 0 aromatic carbocycles. The van der Waals surface area contributed by atoms with Crippen molar-refractivity contribution in [2.45, 2.75) is 212 Å². The minimum Gasteiger partial charge on any atom is -0.462 e. The van der Waals surface area contributed by atoms with Crippen molar-refractivity contribution in [3.63, 3.8) is 0 Å². The monoisotopic (exact) mass is 823 g/mol. The summed E-state index contributed by atoms with van der Waals surface area (Å²) in [5, 5.41) is 9.71. The summed E-state index contributed by atoms with van der Waals surface area (Å²) in [5.41, 5.74) is 0. The summed E-state index contributed by atoms with van der Waals surface area (Å²) in [4.78, 5) is 42.9. The maximum absolute atomic E-state index is 12.4. The van der Waals surface area contributed by atoms with Gasteiger partial charge in [0.15, 0.2) is 6.10 Å². The van der Waals surface area contributed by atoms with Crippen LogP contribution in [0.3, 0.4) is 0 Å². The number of unbranched alkanes of at least 4 members (excludes halogenated alkanes) is 18. The highest BCUT2D eigenvalue weighted by Crippen LogP contribution is 2.36. The molecule has 0 aliphatic carbocycles. The molecule has 1 unspecified atom stereocenters. The number of aliphatic hydroxyl groups excluding tert-OH is 1. The maximum atomic E-state index is 12.4. The zero-order valence-electron chi connectivity index (χ0n) is 36.1. The topological polar surface area (TPSA) is 140 Å². The van der Waals surface area contributed by atoms with Gasteiger partial charge in [0.1, 0.15) is 6.61 Å². The molecule has 0 fully saturated rings. The van der Waals surface area contributed by atoms with Gasteiger partial charge in [-0.05, 0) is 77.0 Å². The van der Waals surface area contributed by atoms with Crippen LogP contribution in [0.5, 0.6) is 0 Å². The average Bonchev–Trinajstić information content (AvgIpc) is 3.17. The van der Waals surface area contributed by atoms with Crippen molar-refractivity contribution < 1.29 is 43.0 Å². The third-order valence-electron chi connectivity index (χ3n) is 9.56. The molecule has 9 nitrogen and oxygen atoms in total. The van der Waals surface area contributed by atoms with E-state index in [0.717, 1.165) is 51.4 Å². The van der Waals surface area contributed by atoms with Gasteiger partial charge in [0.2, 0.25) is 0 Å². The number of carbonyl (C=O) groups excluding carboxylic acids is 2. The number of phosphoric ester groups is 1. The molecule has 0 saturated carbocycles. The van der Waals surface area contributed by atoms with E-state index in [-0.39, 0.29) is 25.6 Å². The zero-order valence-corrected chi connectivity index (χ0v) is 37.0. The Morgan fingerprint density at radius 1 is 0.526 bits per heavy atom. The lowest BCUT2D eigenvalue weighted by Crippen LogP contribution is -2.29. The zero-order chi connectivity index (χ0) is 41.9. The molecule has 0 saturated heterocycles. The summed E-state index contributed by atoms with van der Waals surface area (Å²) in [7, 11) is -4.78. The van der Waals surface area contributed by atoms with Crippen LogP contribution < -0.4 is 0 Å². The van der Waals surface area contributed by atoms with Gasteiger partial charge in [-0.2, -0.15) is 0 Å². The minimum absolute atomic E-state index is 0.120. The van der Waals surface area contributed by atoms with Gasteiger partial charge in [0, 0.05) is 12.8 Å². The number of aliphatic hydroxyl groups is 1. The van der Waals surface area contributed by atoms with Crippen molar-refractivity contribution in [2.24, 2.45) is 0 Å². The van der Waals surface area contributed by atoms with Crippen LogP contribution in [-0.2, 0) is 28.2 Å². The van der Waals surface area contributed by atoms with Crippen molar-refractivity contribution in [1.29, 1.82) is 0 Å². The predicted octanol–water partition coefficient (Wildman–Crippen LogP) is 13.0. The molecular weight excluding hydrogens is 739 g/mol. The summed E-state index contributed by atoms with van der Waals surface area (Å²) in [6.45, 7) is 3.45. The van der Waals surface area contributed by atoms with Crippen molar-refractivity contribution >= 4 is 19.8 Å². The van der Waals surface area contributed by atoms with E-state index in [1.165, 1.54) is 96.3 Å². The number of hydrogen-bond acceptors (Lipinski definition) is 7. The van der Waals surface area contributed by atoms with Gasteiger partial charge in [-0.3, -0.25) is 14.1 Å². The van der Waals surface area contributed by atoms with Gasteiger partial charge in [-0.15, -0.1) is 0 Å². The maximum Gasteiger partial charge on any atom is 0.469 e. The van der Waals surface area contributed by atoms with Crippen LogP contribution in [0.2, 0.25) is 0 Å². The fourth-order valence-corrected chi connectivity index (χ4v) is 6.56. The number of hydrogen-bond donors (Lipinski definition) is 3. The molecule has 0 aliphatic rings. The standard InChI is InChI=1S/C47H83O9P/c1-3-5-6-7-8-9-10-11-12-13-14-15-16-17-18-21-24-27-30-33-36-40-46(49)54-42-45(43-55-57(51,52)53)56-47(50)41-37-34-31-28-25-22-19-20-23-26-29-32-35-39-44(48)38-4-2/h11-12,19,22-23,26,28,31-32,35,44-45,48H,3-10,13-18,20-21,24-25,27,29-30,33-34,36-43H2,1-2H3,(H2,51,52,53)/b12-11-,22-19-,26-23-,31-28-,35-32-/t44?,45-/m1/s1. The summed E-state index contributed by atoms with van der Waals surface area (Å²) in [6.07, 6.45) is 50.1. The van der Waals surface area contributed by atoms with Crippen LogP contribution >= 0.6 is 7.82 Å². The lowest BCUT2D eigenvalue weighted by atomic mass is 10.0. The van der Waals surface area contributed by atoms with E-state index in [2.05, 4.69) is 60.9 Å². The second-order valence-electron chi connectivity index (χ2n) is 15.2. The highest BCUT2D eigenvalue weighted by atomic mass is 31.2. The van der Waals surface area contributed by atoms with Crippen LogP contribution in [0.4, 0.5) is 0 Å². The normalized spacial score (nSPS) is 13.6. The lowest BCUT2D eigenvalue weighted by Gasteiger charge is -2.18. The van der Waals surface area contributed by atoms with Crippen molar-refractivity contribution in [2.75, 3.05) is 13.2 Å². The summed E-state index contributed by atoms with van der Waals surface area (Å²) < 4.78 is 26.4. The average molecular weight is 823 g/mol. The Morgan fingerprint density at radius 3 is 1.49 bits per heavy atom. The SMILES string of the molecule is CCCCCCCC/C=C\CCCCCCCCCCCCCC(=O)OC[C@H](COP(=O)(O)O)OC(=O)CCC/C=C\C/C=C\C/C=C\C/C=C\CC(O)CCC. The van der Waals surface area contributed by atoms with E-state index in [0.29, 0.717) is 25.7 Å². The van der Waals surface area contributed by atoms with Crippen LogP contribution in [-0.4, -0.2) is 52.3 Å². The Hall–Kier alpha value is -2.29. The molecule has 10 heteroatoms. The molecule has 0 aromatic heterocycles. The minimum atomic E-state index is -4.78. The third kappa shape index (κ3) is 44.7. The summed E-state index contributed by atoms with van der Waals surface area (Å²) >= 11 is 0. The van der Waals surface area contributed by atoms with E-state index in [1.807, 2.05) is 18.2 Å². The molecule has 0 bridgehead atoms. The molecule has 0 rings (SSSR count). The van der Waals surface area contributed by atoms with Crippen LogP contribution in [0.1, 0.15) is 200 Å². The molecule has 0 radical (unpaired) electrons. The highest BCUT2D eigenvalue weighted by Gasteiger charge is 2.22. The fourth-order valence-electron chi connectivity index (χ4n) is 6.20. The number of allylic oxidation sites excluding steroid dienone is 9. The van der Waals surface area contributed by atoms with Gasteiger partial charge in [0.25, 0.3) is 0 Å². The van der Waals surface area contributed by atoms with Crippen molar-refractivity contribution in [3.8, 4) is 0 Å². The molecule has 0 amide bonds. The molecule has 0 aromatic rings. The van der Waals surface area contributed by atoms with Gasteiger partial charge >= 0.3 is 19.8 Å². The van der Waals surface area contributed by atoms with E-state index in [1.54, 1.807) is 0 Å². The van der Waals surface area contributed by atoms with E-state index in [9.17, 15) is 19.3 Å². The van der Waals surface area contributed by atoms with Gasteiger partial charge in [0.05, 0.1) is 12.7 Å². The first kappa shape index (κ1) is 54.7. The number of rotatable bonds is 41. The first-order valence-corrected chi connectivity index (χ1v) is 24.2. The summed E-state index contributed by atoms with van der Waals surface area (Å²) in [6, 6.07) is 0. The Morgan fingerprint density at radius 2 is 0.965 bits per heavy atom. The molecule has 2 atom stereocenters. The lowest BCUT2D eigenvalue weighted by molar-refractivity contribution is -0.161. The molecular formula is C47H83O9P. The largest absolute Gasteiger partial charge is 0.469 e. The Bertz CT molecular complexity index is 1120. The number of carbonyl (C=O) groups is 2. The second-order valence-corrected chi connectivity index (χ2v) is 16.4. The second kappa shape index (κ2) is 41.9. The van der Waals surface area contributed by atoms with Crippen LogP contribution in [0.25, 0.3) is 0 Å². The van der Waals surface area contributed by atoms with Gasteiger partial charge in [-0.1, -0.05) is 171 Å². The highest BCUT2D eigenvalue weighted by molar-refractivity contribution is 7.46. The molecule has 0 aliphatic heterocycles. The van der Waals surface area contributed by atoms with E-state index < -0.39 is 32.5 Å². The van der Waals surface area contributed by atoms with Crippen molar-refractivity contribution in [1.82, 2.24) is 0 Å². The Balaban J connectivity index is 3.97. The summed E-state index contributed by atoms with van der Waals surface area (Å²) in [5.74, 6) is -0.971. The number of phosphoric acid groups is 1. The van der Waals surface area contributed by atoms with Gasteiger partial charge < -0.3 is 24.4 Å². The smallest absolute Gasteiger partial charge is 0.462 e. The molecule has 0 spiro atoms. The van der Waals surface area contributed by atoms with E-state index >= 15 is 0 Å². The first-order valence-electron chi connectivity index (χ1n) is 22.7. The van der Waals surface area contributed by atoms with Crippen molar-refractivity contribution in [3.05, 3.63) is 60.8 Å². The number of ether oxygens (including phenoxy) is 2. The molecule has 0 heterocycles. The van der Waals surface area contributed by atoms with Crippen LogP contribution in [0, 0.1) is 0 Å². The predicted molar refractivity (Wildman–Crippen MR) is 236 cm³/mol. The Labute approximate surface area is 348 Å².